The third-order valence-electron chi connectivity index (χ3n) is 4.71. The first-order valence-electron chi connectivity index (χ1n) is 9.09. The maximum atomic E-state index is 12.2. The summed E-state index contributed by atoms with van der Waals surface area (Å²) in [7, 11) is 0. The van der Waals surface area contributed by atoms with E-state index in [1.54, 1.807) is 11.4 Å². The topological polar surface area (TPSA) is 124 Å². The van der Waals surface area contributed by atoms with Crippen molar-refractivity contribution in [2.75, 3.05) is 12.3 Å². The molecule has 8 heteroatoms. The van der Waals surface area contributed by atoms with Crippen molar-refractivity contribution >= 4 is 29.2 Å². The zero-order valence-corrected chi connectivity index (χ0v) is 16.1. The van der Waals surface area contributed by atoms with E-state index < -0.39 is 18.4 Å². The van der Waals surface area contributed by atoms with Crippen LogP contribution in [0.2, 0.25) is 0 Å². The molecule has 0 fully saturated rings. The molecule has 0 aliphatic carbocycles. The van der Waals surface area contributed by atoms with Gasteiger partial charge in [-0.15, -0.1) is 0 Å². The number of benzene rings is 1. The Kier molecular flexibility index (Phi) is 5.63. The first-order valence-corrected chi connectivity index (χ1v) is 9.09. The molecule has 3 rings (SSSR count). The predicted octanol–water partition coefficient (Wildman–Crippen LogP) is 2.22. The van der Waals surface area contributed by atoms with E-state index in [0.29, 0.717) is 24.0 Å². The van der Waals surface area contributed by atoms with Gasteiger partial charge in [0.1, 0.15) is 5.52 Å². The van der Waals surface area contributed by atoms with Crippen LogP contribution in [0, 0.1) is 6.92 Å². The van der Waals surface area contributed by atoms with Crippen LogP contribution in [-0.2, 0) is 22.4 Å². The van der Waals surface area contributed by atoms with Crippen molar-refractivity contribution in [1.29, 1.82) is 0 Å². The Bertz CT molecular complexity index is 1100. The largest absolute Gasteiger partial charge is 0.479 e. The second-order valence-corrected chi connectivity index (χ2v) is 6.57. The average molecular weight is 395 g/mol. The molecule has 3 N–H and O–H groups in total. The molecule has 0 aliphatic heterocycles. The zero-order chi connectivity index (χ0) is 21.1. The highest BCUT2D eigenvalue weighted by Gasteiger charge is 2.27. The van der Waals surface area contributed by atoms with Gasteiger partial charge in [0, 0.05) is 6.42 Å². The molecule has 1 aromatic carbocycles. The van der Waals surface area contributed by atoms with E-state index in [2.05, 4.69) is 5.10 Å². The number of rotatable bonds is 8. The Balaban J connectivity index is 2.32. The number of aliphatic carboxylic acids is 1. The highest BCUT2D eigenvalue weighted by molar-refractivity contribution is 6.35. The summed E-state index contributed by atoms with van der Waals surface area (Å²) in [5.41, 5.74) is 9.90. The summed E-state index contributed by atoms with van der Waals surface area (Å²) in [6.07, 6.45) is 1.29. The number of carboxylic acids is 1. The van der Waals surface area contributed by atoms with Crippen molar-refractivity contribution in [1.82, 2.24) is 9.61 Å². The van der Waals surface area contributed by atoms with E-state index in [1.165, 1.54) is 0 Å². The summed E-state index contributed by atoms with van der Waals surface area (Å²) in [6.45, 7) is 2.83. The fourth-order valence-corrected chi connectivity index (χ4v) is 3.48. The standard InChI is InChI=1S/C21H21N3O5/c1-3-14-15(9-13-7-5-4-6-8-13)24-20(19(14)22)21(29-11-17(27)28)18(12(2)23-24)16(26)10-25/h4-8,10H,3,9,11,22H2,1-2H3,(H,27,28). The molecular weight excluding hydrogens is 374 g/mol. The molecule has 0 atom stereocenters. The van der Waals surface area contributed by atoms with Gasteiger partial charge >= 0.3 is 5.97 Å². The first kappa shape index (κ1) is 20.1. The number of ketones is 1. The number of ether oxygens (including phenoxy) is 1. The van der Waals surface area contributed by atoms with E-state index in [0.717, 1.165) is 16.8 Å². The van der Waals surface area contributed by atoms with Gasteiger partial charge in [-0.25, -0.2) is 9.31 Å². The number of Topliss-reactive ketones (excluding diaryl/α,β-unsaturated/α-hetero) is 1. The van der Waals surface area contributed by atoms with E-state index in [9.17, 15) is 14.4 Å². The van der Waals surface area contributed by atoms with Gasteiger partial charge in [-0.3, -0.25) is 9.59 Å². The summed E-state index contributed by atoms with van der Waals surface area (Å²) in [5.74, 6) is -2.10. The first-order chi connectivity index (χ1) is 13.9. The molecule has 0 aliphatic rings. The van der Waals surface area contributed by atoms with Crippen LogP contribution in [0.4, 0.5) is 5.69 Å². The monoisotopic (exact) mass is 395 g/mol. The lowest BCUT2D eigenvalue weighted by Crippen LogP contribution is -2.16. The fourth-order valence-electron chi connectivity index (χ4n) is 3.48. The number of nitrogens with zero attached hydrogens (tertiary/aromatic N) is 2. The molecule has 2 heterocycles. The molecule has 0 radical (unpaired) electrons. The Morgan fingerprint density at radius 3 is 2.55 bits per heavy atom. The number of hydrogen-bond acceptors (Lipinski definition) is 6. The Labute approximate surface area is 166 Å². The van der Waals surface area contributed by atoms with Crippen LogP contribution in [0.15, 0.2) is 30.3 Å². The number of hydrogen-bond donors (Lipinski definition) is 2. The summed E-state index contributed by atoms with van der Waals surface area (Å²) in [4.78, 5) is 34.4. The van der Waals surface area contributed by atoms with Crippen LogP contribution in [-0.4, -0.2) is 39.4 Å². The second kappa shape index (κ2) is 8.14. The van der Waals surface area contributed by atoms with Gasteiger partial charge in [0.2, 0.25) is 5.78 Å². The highest BCUT2D eigenvalue weighted by atomic mass is 16.5. The van der Waals surface area contributed by atoms with Gasteiger partial charge in [-0.2, -0.15) is 5.10 Å². The normalized spacial score (nSPS) is 10.8. The SMILES string of the molecule is CCc1c(N)c2c(OCC(=O)O)c(C(=O)C=O)c(C)nn2c1Cc1ccccc1. The van der Waals surface area contributed by atoms with E-state index in [-0.39, 0.29) is 23.3 Å². The number of aromatic nitrogens is 2. The van der Waals surface area contributed by atoms with Crippen LogP contribution in [0.25, 0.3) is 5.52 Å². The number of carbonyl (C=O) groups is 3. The van der Waals surface area contributed by atoms with E-state index >= 15 is 0 Å². The van der Waals surface area contributed by atoms with Gasteiger partial charge in [0.25, 0.3) is 0 Å². The van der Waals surface area contributed by atoms with Crippen LogP contribution in [0.1, 0.15) is 39.8 Å². The predicted molar refractivity (Wildman–Crippen MR) is 106 cm³/mol. The minimum absolute atomic E-state index is 0.0384. The van der Waals surface area contributed by atoms with Crippen LogP contribution in [0.5, 0.6) is 5.75 Å². The number of carbonyl (C=O) groups excluding carboxylic acids is 2. The smallest absolute Gasteiger partial charge is 0.341 e. The molecular formula is C21H21N3O5. The lowest BCUT2D eigenvalue weighted by atomic mass is 10.0. The maximum absolute atomic E-state index is 12.2. The molecule has 0 spiro atoms. The van der Waals surface area contributed by atoms with Gasteiger partial charge in [0.15, 0.2) is 18.6 Å². The molecule has 0 bridgehead atoms. The van der Waals surface area contributed by atoms with E-state index in [4.69, 9.17) is 15.6 Å². The molecule has 2 aromatic heterocycles. The Hall–Kier alpha value is -3.68. The number of carboxylic acid groups (broad SMARTS) is 1. The van der Waals surface area contributed by atoms with E-state index in [1.807, 2.05) is 37.3 Å². The Morgan fingerprint density at radius 1 is 1.28 bits per heavy atom. The van der Waals surface area contributed by atoms with Crippen LogP contribution in [0.3, 0.4) is 0 Å². The van der Waals surface area contributed by atoms with Crippen molar-refractivity contribution in [3.63, 3.8) is 0 Å². The quantitative estimate of drug-likeness (QED) is 0.340. The molecule has 8 nitrogen and oxygen atoms in total. The minimum atomic E-state index is -1.22. The third kappa shape index (κ3) is 3.69. The van der Waals surface area contributed by atoms with Gasteiger partial charge < -0.3 is 15.6 Å². The van der Waals surface area contributed by atoms with Crippen molar-refractivity contribution in [3.8, 4) is 5.75 Å². The van der Waals surface area contributed by atoms with Crippen molar-refractivity contribution in [2.45, 2.75) is 26.7 Å². The summed E-state index contributed by atoms with van der Waals surface area (Å²) in [6, 6.07) is 9.75. The van der Waals surface area contributed by atoms with Gasteiger partial charge in [-0.05, 0) is 24.5 Å². The average Bonchev–Trinajstić information content (AvgIpc) is 2.96. The van der Waals surface area contributed by atoms with Gasteiger partial charge in [-0.1, -0.05) is 37.3 Å². The molecule has 29 heavy (non-hydrogen) atoms. The highest BCUT2D eigenvalue weighted by Crippen LogP contribution is 2.37. The lowest BCUT2D eigenvalue weighted by molar-refractivity contribution is -0.139. The van der Waals surface area contributed by atoms with Crippen LogP contribution >= 0.6 is 0 Å². The van der Waals surface area contributed by atoms with Crippen molar-refractivity contribution < 1.29 is 24.2 Å². The summed E-state index contributed by atoms with van der Waals surface area (Å²) in [5, 5.41) is 13.5. The summed E-state index contributed by atoms with van der Waals surface area (Å²) >= 11 is 0. The number of nitrogens with two attached hydrogens (primary N) is 1. The summed E-state index contributed by atoms with van der Waals surface area (Å²) < 4.78 is 7.03. The molecule has 0 saturated heterocycles. The zero-order valence-electron chi connectivity index (χ0n) is 16.1. The van der Waals surface area contributed by atoms with Crippen molar-refractivity contribution in [3.05, 3.63) is 58.4 Å². The van der Waals surface area contributed by atoms with Crippen molar-refractivity contribution in [2.24, 2.45) is 0 Å². The third-order valence-corrected chi connectivity index (χ3v) is 4.71. The minimum Gasteiger partial charge on any atom is -0.479 e. The number of fused-ring (bicyclic) bond motifs is 1. The van der Waals surface area contributed by atoms with Crippen LogP contribution < -0.4 is 10.5 Å². The number of anilines is 1. The molecule has 150 valence electrons. The second-order valence-electron chi connectivity index (χ2n) is 6.57. The molecule has 0 amide bonds. The molecule has 3 aromatic rings. The van der Waals surface area contributed by atoms with Gasteiger partial charge in [0.05, 0.1) is 22.6 Å². The fraction of sp³-hybridized carbons (Fsp3) is 0.238. The Morgan fingerprint density at radius 2 is 1.97 bits per heavy atom. The molecule has 0 unspecified atom stereocenters. The number of aryl methyl sites for hydroxylation is 1. The lowest BCUT2D eigenvalue weighted by Gasteiger charge is -2.13. The number of aldehydes is 1. The maximum Gasteiger partial charge on any atom is 0.341 e. The number of nitrogen functional groups attached to an aromatic ring is 1. The molecule has 0 saturated carbocycles.